The lowest BCUT2D eigenvalue weighted by atomic mass is 10.4. The number of amides is 1. The third kappa shape index (κ3) is 5.78. The number of ether oxygens (including phenoxy) is 1. The molecule has 19 heavy (non-hydrogen) atoms. The van der Waals surface area contributed by atoms with Crippen LogP contribution >= 0.6 is 11.8 Å². The van der Waals surface area contributed by atoms with Gasteiger partial charge in [0.05, 0.1) is 17.1 Å². The number of aromatic nitrogens is 1. The number of hydrogen-bond donors (Lipinski definition) is 1. The summed E-state index contributed by atoms with van der Waals surface area (Å²) in [5.41, 5.74) is 0. The number of carbonyl (C=O) groups excluding carboxylic acids is 2. The van der Waals surface area contributed by atoms with E-state index in [1.54, 1.807) is 33.8 Å². The highest BCUT2D eigenvalue weighted by Crippen LogP contribution is 2.14. The Kier molecular flexibility index (Phi) is 5.88. The first-order valence-corrected chi connectivity index (χ1v) is 6.98. The minimum Gasteiger partial charge on any atom is -0.462 e. The van der Waals surface area contributed by atoms with Gasteiger partial charge in [-0.15, -0.1) is 11.8 Å². The van der Waals surface area contributed by atoms with E-state index in [0.29, 0.717) is 11.6 Å². The number of hydrogen-bond acceptors (Lipinski definition) is 6. The standard InChI is InChI=1S/C12H18N2O4S/c1-7(2)17-11(15)6-19-9(4)12(16)13-10-5-8(3)18-14-10/h5,7,9H,6H2,1-4H3,(H,13,14,16). The molecule has 106 valence electrons. The fourth-order valence-corrected chi connectivity index (χ4v) is 1.88. The second-order valence-electron chi connectivity index (χ2n) is 4.30. The van der Waals surface area contributed by atoms with Crippen molar-refractivity contribution in [1.29, 1.82) is 0 Å². The van der Waals surface area contributed by atoms with Crippen molar-refractivity contribution in [1.82, 2.24) is 5.16 Å². The van der Waals surface area contributed by atoms with Crippen LogP contribution in [0.3, 0.4) is 0 Å². The Morgan fingerprint density at radius 2 is 2.16 bits per heavy atom. The molecule has 0 saturated heterocycles. The summed E-state index contributed by atoms with van der Waals surface area (Å²) in [5, 5.41) is 5.90. The van der Waals surface area contributed by atoms with Crippen molar-refractivity contribution < 1.29 is 18.8 Å². The lowest BCUT2D eigenvalue weighted by Gasteiger charge is -2.11. The molecule has 7 heteroatoms. The molecule has 0 bridgehead atoms. The molecule has 0 aliphatic heterocycles. The molecule has 0 spiro atoms. The number of anilines is 1. The zero-order valence-electron chi connectivity index (χ0n) is 11.4. The highest BCUT2D eigenvalue weighted by molar-refractivity contribution is 8.01. The maximum absolute atomic E-state index is 11.8. The van der Waals surface area contributed by atoms with Gasteiger partial charge in [0.2, 0.25) is 5.91 Å². The van der Waals surface area contributed by atoms with Crippen molar-refractivity contribution in [2.75, 3.05) is 11.1 Å². The van der Waals surface area contributed by atoms with Crippen LogP contribution in [0.15, 0.2) is 10.6 Å². The molecular formula is C12H18N2O4S. The highest BCUT2D eigenvalue weighted by atomic mass is 32.2. The summed E-state index contributed by atoms with van der Waals surface area (Å²) in [6.07, 6.45) is -0.143. The van der Waals surface area contributed by atoms with E-state index in [0.717, 1.165) is 0 Å². The fraction of sp³-hybridized carbons (Fsp3) is 0.583. The van der Waals surface area contributed by atoms with Crippen LogP contribution in [0, 0.1) is 6.92 Å². The van der Waals surface area contributed by atoms with Crippen molar-refractivity contribution >= 4 is 29.5 Å². The maximum atomic E-state index is 11.8. The maximum Gasteiger partial charge on any atom is 0.316 e. The lowest BCUT2D eigenvalue weighted by molar-refractivity contribution is -0.144. The molecule has 0 aliphatic rings. The largest absolute Gasteiger partial charge is 0.462 e. The van der Waals surface area contributed by atoms with E-state index < -0.39 is 0 Å². The fourth-order valence-electron chi connectivity index (χ4n) is 1.22. The van der Waals surface area contributed by atoms with Gasteiger partial charge in [0.1, 0.15) is 5.76 Å². The van der Waals surface area contributed by atoms with E-state index in [1.165, 1.54) is 11.8 Å². The van der Waals surface area contributed by atoms with Crippen LogP contribution in [0.1, 0.15) is 26.5 Å². The third-order valence-electron chi connectivity index (χ3n) is 2.07. The Morgan fingerprint density at radius 3 is 2.68 bits per heavy atom. The summed E-state index contributed by atoms with van der Waals surface area (Å²) < 4.78 is 9.82. The summed E-state index contributed by atoms with van der Waals surface area (Å²) in [6.45, 7) is 7.02. The molecule has 6 nitrogen and oxygen atoms in total. The van der Waals surface area contributed by atoms with Gasteiger partial charge in [0.25, 0.3) is 0 Å². The third-order valence-corrected chi connectivity index (χ3v) is 3.18. The predicted molar refractivity (Wildman–Crippen MR) is 73.0 cm³/mol. The van der Waals surface area contributed by atoms with Crippen LogP contribution in [-0.4, -0.2) is 34.1 Å². The van der Waals surface area contributed by atoms with Crippen molar-refractivity contribution in [3.63, 3.8) is 0 Å². The van der Waals surface area contributed by atoms with Gasteiger partial charge >= 0.3 is 5.97 Å². The molecule has 1 rings (SSSR count). The molecule has 1 N–H and O–H groups in total. The van der Waals surface area contributed by atoms with Gasteiger partial charge in [-0.1, -0.05) is 5.16 Å². The topological polar surface area (TPSA) is 81.4 Å². The second-order valence-corrected chi connectivity index (χ2v) is 5.63. The molecule has 1 unspecified atom stereocenters. The number of rotatable bonds is 6. The molecule has 0 saturated carbocycles. The number of aryl methyl sites for hydroxylation is 1. The minimum absolute atomic E-state index is 0.143. The minimum atomic E-state index is -0.378. The van der Waals surface area contributed by atoms with Gasteiger partial charge < -0.3 is 14.6 Å². The normalized spacial score (nSPS) is 12.3. The first-order chi connectivity index (χ1) is 8.88. The van der Waals surface area contributed by atoms with E-state index in [9.17, 15) is 9.59 Å². The molecule has 1 aromatic rings. The van der Waals surface area contributed by atoms with Gasteiger partial charge in [-0.3, -0.25) is 9.59 Å². The molecule has 1 heterocycles. The first-order valence-electron chi connectivity index (χ1n) is 5.93. The van der Waals surface area contributed by atoms with E-state index >= 15 is 0 Å². The number of esters is 1. The second kappa shape index (κ2) is 7.18. The van der Waals surface area contributed by atoms with Crippen LogP contribution in [0.2, 0.25) is 0 Å². The van der Waals surface area contributed by atoms with Crippen LogP contribution in [0.5, 0.6) is 0 Å². The number of nitrogens with one attached hydrogen (secondary N) is 1. The Morgan fingerprint density at radius 1 is 1.47 bits per heavy atom. The Hall–Kier alpha value is -1.50. The predicted octanol–water partition coefficient (Wildman–Crippen LogP) is 1.99. The van der Waals surface area contributed by atoms with Gasteiger partial charge in [-0.25, -0.2) is 0 Å². The quantitative estimate of drug-likeness (QED) is 0.805. The van der Waals surface area contributed by atoms with Gasteiger partial charge in [-0.2, -0.15) is 0 Å². The molecule has 0 aromatic carbocycles. The van der Waals surface area contributed by atoms with Crippen molar-refractivity contribution in [2.45, 2.75) is 39.0 Å². The summed E-state index contributed by atoms with van der Waals surface area (Å²) in [4.78, 5) is 23.1. The van der Waals surface area contributed by atoms with Gasteiger partial charge in [0.15, 0.2) is 5.82 Å². The average Bonchev–Trinajstić information content (AvgIpc) is 2.70. The molecular weight excluding hydrogens is 268 g/mol. The van der Waals surface area contributed by atoms with Gasteiger partial charge in [0, 0.05) is 6.07 Å². The molecule has 1 aromatic heterocycles. The summed E-state index contributed by atoms with van der Waals surface area (Å²) in [7, 11) is 0. The van der Waals surface area contributed by atoms with Crippen molar-refractivity contribution in [2.24, 2.45) is 0 Å². The molecule has 0 radical (unpaired) electrons. The number of thioether (sulfide) groups is 1. The average molecular weight is 286 g/mol. The Balaban J connectivity index is 2.34. The number of nitrogens with zero attached hydrogens (tertiary/aromatic N) is 1. The van der Waals surface area contributed by atoms with Crippen LogP contribution in [0.4, 0.5) is 5.82 Å². The van der Waals surface area contributed by atoms with Crippen LogP contribution in [0.25, 0.3) is 0 Å². The van der Waals surface area contributed by atoms with Gasteiger partial charge in [-0.05, 0) is 27.7 Å². The molecule has 0 aliphatic carbocycles. The number of carbonyl (C=O) groups is 2. The SMILES string of the molecule is Cc1cc(NC(=O)C(C)SCC(=O)OC(C)C)no1. The van der Waals surface area contributed by atoms with E-state index in [2.05, 4.69) is 10.5 Å². The molecule has 0 fully saturated rings. The summed E-state index contributed by atoms with van der Waals surface area (Å²) >= 11 is 1.22. The first kappa shape index (κ1) is 15.6. The lowest BCUT2D eigenvalue weighted by Crippen LogP contribution is -2.24. The smallest absolute Gasteiger partial charge is 0.316 e. The molecule has 1 atom stereocenters. The Bertz CT molecular complexity index is 445. The van der Waals surface area contributed by atoms with E-state index in [4.69, 9.17) is 9.26 Å². The summed E-state index contributed by atoms with van der Waals surface area (Å²) in [5.74, 6) is 0.591. The van der Waals surface area contributed by atoms with E-state index in [-0.39, 0.29) is 29.0 Å². The summed E-state index contributed by atoms with van der Waals surface area (Å²) in [6, 6.07) is 1.63. The van der Waals surface area contributed by atoms with Crippen molar-refractivity contribution in [3.05, 3.63) is 11.8 Å². The van der Waals surface area contributed by atoms with Crippen LogP contribution < -0.4 is 5.32 Å². The monoisotopic (exact) mass is 286 g/mol. The highest BCUT2D eigenvalue weighted by Gasteiger charge is 2.17. The Labute approximate surface area is 116 Å². The zero-order valence-corrected chi connectivity index (χ0v) is 12.2. The van der Waals surface area contributed by atoms with E-state index in [1.807, 2.05) is 0 Å². The van der Waals surface area contributed by atoms with Crippen LogP contribution in [-0.2, 0) is 14.3 Å². The van der Waals surface area contributed by atoms with Crippen molar-refractivity contribution in [3.8, 4) is 0 Å². The molecule has 1 amide bonds. The zero-order chi connectivity index (χ0) is 14.4.